The van der Waals surface area contributed by atoms with Crippen molar-refractivity contribution < 1.29 is 34.8 Å². The van der Waals surface area contributed by atoms with Crippen LogP contribution in [0.2, 0.25) is 0 Å². The smallest absolute Gasteiger partial charge is 0.311 e. The standard InChI is InChI=1S/C24H38O7/c1-13-9-17-6-5-14(2)20(8-7-18(26)11-19(27)12-22(28)29)23(17)21(10-13)31-24(30)15(3)16(4)25/h5-6,9,13-16,18-21,23,25-27H,7-8,10-12H2,1-4H3,(H,28,29)/p-1/t13-,14-,15-,16?,18+,19+,20-,21-,23-/m0/s1. The summed E-state index contributed by atoms with van der Waals surface area (Å²) >= 11 is 0. The topological polar surface area (TPSA) is 127 Å². The first-order valence-electron chi connectivity index (χ1n) is 11.3. The van der Waals surface area contributed by atoms with E-state index in [1.807, 2.05) is 0 Å². The second kappa shape index (κ2) is 11.2. The summed E-state index contributed by atoms with van der Waals surface area (Å²) in [6, 6.07) is 0. The molecule has 176 valence electrons. The normalized spacial score (nSPS) is 31.7. The number of fused-ring (bicyclic) bond motifs is 1. The molecule has 2 aliphatic rings. The van der Waals surface area contributed by atoms with E-state index in [9.17, 15) is 30.0 Å². The van der Waals surface area contributed by atoms with Gasteiger partial charge in [0.05, 0.1) is 24.2 Å². The fraction of sp³-hybridized carbons (Fsp3) is 0.750. The van der Waals surface area contributed by atoms with Crippen molar-refractivity contribution in [2.24, 2.45) is 29.6 Å². The molecular weight excluding hydrogens is 400 g/mol. The summed E-state index contributed by atoms with van der Waals surface area (Å²) in [5.41, 5.74) is 1.14. The van der Waals surface area contributed by atoms with Gasteiger partial charge < -0.3 is 30.0 Å². The SMILES string of the molecule is CC(O)[C@H](C)C(=O)O[C@H]1C[C@@H](C)C=C2C=C[C@H](C)[C@H](CC[C@@H](O)C[C@@H](O)CC(=O)[O-])[C@H]21. The highest BCUT2D eigenvalue weighted by Gasteiger charge is 2.42. The molecule has 0 amide bonds. The van der Waals surface area contributed by atoms with Crippen LogP contribution >= 0.6 is 0 Å². The molecule has 0 aromatic carbocycles. The number of ether oxygens (including phenoxy) is 1. The number of hydrogen-bond acceptors (Lipinski definition) is 7. The number of allylic oxidation sites excluding steroid dienone is 3. The number of aliphatic hydroxyl groups is 3. The largest absolute Gasteiger partial charge is 0.550 e. The Morgan fingerprint density at radius 1 is 1.19 bits per heavy atom. The Labute approximate surface area is 184 Å². The summed E-state index contributed by atoms with van der Waals surface area (Å²) in [5.74, 6) is -1.74. The highest BCUT2D eigenvalue weighted by atomic mass is 16.5. The lowest BCUT2D eigenvalue weighted by molar-refractivity contribution is -0.307. The molecule has 0 bridgehead atoms. The van der Waals surface area contributed by atoms with Crippen molar-refractivity contribution in [2.75, 3.05) is 0 Å². The number of aliphatic carboxylic acids is 1. The molecule has 31 heavy (non-hydrogen) atoms. The monoisotopic (exact) mass is 437 g/mol. The van der Waals surface area contributed by atoms with E-state index in [-0.39, 0.29) is 36.2 Å². The molecule has 0 radical (unpaired) electrons. The summed E-state index contributed by atoms with van der Waals surface area (Å²) in [6.07, 6.45) is 4.67. The number of rotatable bonds is 10. The minimum absolute atomic E-state index is 0.00157. The molecule has 0 spiro atoms. The number of hydrogen-bond donors (Lipinski definition) is 3. The lowest BCUT2D eigenvalue weighted by Crippen LogP contribution is -2.42. The van der Waals surface area contributed by atoms with Gasteiger partial charge in [-0.2, -0.15) is 0 Å². The molecule has 2 aliphatic carbocycles. The third-order valence-electron chi connectivity index (χ3n) is 6.74. The zero-order valence-corrected chi connectivity index (χ0v) is 18.9. The molecule has 0 aromatic heterocycles. The summed E-state index contributed by atoms with van der Waals surface area (Å²) < 4.78 is 5.90. The van der Waals surface area contributed by atoms with E-state index in [0.29, 0.717) is 19.3 Å². The highest BCUT2D eigenvalue weighted by Crippen LogP contribution is 2.45. The molecule has 2 rings (SSSR count). The van der Waals surface area contributed by atoms with E-state index >= 15 is 0 Å². The van der Waals surface area contributed by atoms with Crippen LogP contribution in [0, 0.1) is 29.6 Å². The predicted molar refractivity (Wildman–Crippen MR) is 113 cm³/mol. The van der Waals surface area contributed by atoms with Gasteiger partial charge in [0.1, 0.15) is 6.10 Å². The van der Waals surface area contributed by atoms with Crippen LogP contribution in [-0.4, -0.2) is 51.7 Å². The molecule has 1 unspecified atom stereocenters. The Kier molecular flexibility index (Phi) is 9.28. The Morgan fingerprint density at radius 2 is 1.87 bits per heavy atom. The van der Waals surface area contributed by atoms with Crippen molar-refractivity contribution >= 4 is 11.9 Å². The summed E-state index contributed by atoms with van der Waals surface area (Å²) in [6.45, 7) is 7.42. The molecule has 0 fully saturated rings. The average Bonchev–Trinajstić information content (AvgIpc) is 2.65. The summed E-state index contributed by atoms with van der Waals surface area (Å²) in [7, 11) is 0. The number of esters is 1. The maximum absolute atomic E-state index is 12.6. The molecule has 0 aromatic rings. The Bertz CT molecular complexity index is 683. The number of carboxylic acid groups (broad SMARTS) is 1. The Balaban J connectivity index is 2.10. The average molecular weight is 438 g/mol. The second-order valence-electron chi connectivity index (χ2n) is 9.49. The molecule has 7 heteroatoms. The fourth-order valence-corrected chi connectivity index (χ4v) is 4.77. The van der Waals surface area contributed by atoms with Crippen molar-refractivity contribution in [3.8, 4) is 0 Å². The van der Waals surface area contributed by atoms with E-state index in [2.05, 4.69) is 32.1 Å². The number of carbonyl (C=O) groups excluding carboxylic acids is 2. The minimum Gasteiger partial charge on any atom is -0.550 e. The van der Waals surface area contributed by atoms with Gasteiger partial charge in [-0.25, -0.2) is 0 Å². The van der Waals surface area contributed by atoms with E-state index in [4.69, 9.17) is 4.74 Å². The van der Waals surface area contributed by atoms with Crippen LogP contribution in [0.1, 0.15) is 59.8 Å². The van der Waals surface area contributed by atoms with E-state index in [1.54, 1.807) is 13.8 Å². The first-order valence-corrected chi connectivity index (χ1v) is 11.3. The maximum atomic E-state index is 12.6. The van der Waals surface area contributed by atoms with E-state index in [1.165, 1.54) is 0 Å². The number of carboxylic acids is 1. The van der Waals surface area contributed by atoms with Gasteiger partial charge in [-0.15, -0.1) is 0 Å². The van der Waals surface area contributed by atoms with Gasteiger partial charge in [-0.3, -0.25) is 4.79 Å². The zero-order valence-electron chi connectivity index (χ0n) is 18.9. The van der Waals surface area contributed by atoms with Crippen molar-refractivity contribution in [1.82, 2.24) is 0 Å². The van der Waals surface area contributed by atoms with Gasteiger partial charge in [0, 0.05) is 18.3 Å². The molecule has 9 atom stereocenters. The Morgan fingerprint density at radius 3 is 2.48 bits per heavy atom. The summed E-state index contributed by atoms with van der Waals surface area (Å²) in [4.78, 5) is 23.2. The van der Waals surface area contributed by atoms with Crippen LogP contribution in [0.25, 0.3) is 0 Å². The molecule has 0 aliphatic heterocycles. The van der Waals surface area contributed by atoms with Crippen molar-refractivity contribution in [2.45, 2.75) is 84.2 Å². The fourth-order valence-electron chi connectivity index (χ4n) is 4.77. The molecule has 0 saturated carbocycles. The van der Waals surface area contributed by atoms with Crippen molar-refractivity contribution in [3.63, 3.8) is 0 Å². The van der Waals surface area contributed by atoms with Crippen LogP contribution in [-0.2, 0) is 14.3 Å². The van der Waals surface area contributed by atoms with Gasteiger partial charge in [0.25, 0.3) is 0 Å². The first-order chi connectivity index (χ1) is 14.5. The molecule has 3 N–H and O–H groups in total. The van der Waals surface area contributed by atoms with Crippen LogP contribution in [0.5, 0.6) is 0 Å². The number of carbonyl (C=O) groups is 2. The predicted octanol–water partition coefficient (Wildman–Crippen LogP) is 1.35. The third-order valence-corrected chi connectivity index (χ3v) is 6.74. The van der Waals surface area contributed by atoms with Crippen molar-refractivity contribution in [3.05, 3.63) is 23.8 Å². The van der Waals surface area contributed by atoms with E-state index in [0.717, 1.165) is 5.57 Å². The third kappa shape index (κ3) is 7.16. The van der Waals surface area contributed by atoms with Gasteiger partial charge in [0.2, 0.25) is 0 Å². The van der Waals surface area contributed by atoms with Crippen LogP contribution in [0.3, 0.4) is 0 Å². The maximum Gasteiger partial charge on any atom is 0.311 e. The lowest BCUT2D eigenvalue weighted by Gasteiger charge is -2.43. The summed E-state index contributed by atoms with van der Waals surface area (Å²) in [5, 5.41) is 40.4. The van der Waals surface area contributed by atoms with Gasteiger partial charge in [-0.05, 0) is 62.9 Å². The van der Waals surface area contributed by atoms with Crippen LogP contribution in [0.4, 0.5) is 0 Å². The highest BCUT2D eigenvalue weighted by molar-refractivity contribution is 5.73. The zero-order chi connectivity index (χ0) is 23.3. The van der Waals surface area contributed by atoms with E-state index < -0.39 is 42.6 Å². The minimum atomic E-state index is -1.34. The van der Waals surface area contributed by atoms with Crippen molar-refractivity contribution in [1.29, 1.82) is 0 Å². The lowest BCUT2D eigenvalue weighted by atomic mass is 9.65. The second-order valence-corrected chi connectivity index (χ2v) is 9.49. The van der Waals surface area contributed by atoms with Gasteiger partial charge >= 0.3 is 5.97 Å². The molecule has 7 nitrogen and oxygen atoms in total. The van der Waals surface area contributed by atoms with Gasteiger partial charge in [0.15, 0.2) is 0 Å². The van der Waals surface area contributed by atoms with Gasteiger partial charge in [-0.1, -0.05) is 32.1 Å². The molecular formula is C24H37O7-. The van der Waals surface area contributed by atoms with Crippen LogP contribution in [0.15, 0.2) is 23.8 Å². The first kappa shape index (κ1) is 25.6. The molecule has 0 heterocycles. The number of aliphatic hydroxyl groups excluding tert-OH is 3. The Hall–Kier alpha value is -1.70. The molecule has 0 saturated heterocycles. The quantitative estimate of drug-likeness (QED) is 0.440. The van der Waals surface area contributed by atoms with Crippen LogP contribution < -0.4 is 5.11 Å².